The summed E-state index contributed by atoms with van der Waals surface area (Å²) >= 11 is 2.24. The molecule has 0 saturated carbocycles. The molecule has 0 heterocycles. The molecular weight excluding hydrogens is 289 g/mol. The zero-order valence-electron chi connectivity index (χ0n) is 8.44. The second kappa shape index (κ2) is 5.09. The summed E-state index contributed by atoms with van der Waals surface area (Å²) in [4.78, 5) is 0. The molecule has 1 aromatic carbocycles. The van der Waals surface area contributed by atoms with Crippen molar-refractivity contribution in [3.05, 3.63) is 33.4 Å². The van der Waals surface area contributed by atoms with Crippen LogP contribution in [0.1, 0.15) is 25.5 Å². The monoisotopic (exact) mass is 305 g/mol. The lowest BCUT2D eigenvalue weighted by molar-refractivity contribution is 0.0977. The molecule has 0 fully saturated rings. The topological polar surface area (TPSA) is 46.2 Å². The molecule has 0 saturated heterocycles. The summed E-state index contributed by atoms with van der Waals surface area (Å²) in [6.07, 6.45) is -0.481. The van der Waals surface area contributed by atoms with Gasteiger partial charge in [-0.1, -0.05) is 32.0 Å². The second-order valence-corrected chi connectivity index (χ2v) is 4.94. The fraction of sp³-hybridized carbons (Fsp3) is 0.455. The van der Waals surface area contributed by atoms with Gasteiger partial charge >= 0.3 is 0 Å². The minimum atomic E-state index is -0.481. The number of hydrogen-bond acceptors (Lipinski definition) is 2. The lowest BCUT2D eigenvalue weighted by atomic mass is 9.95. The van der Waals surface area contributed by atoms with Gasteiger partial charge in [-0.3, -0.25) is 0 Å². The molecule has 0 spiro atoms. The molecular formula is C11H16INO. The Morgan fingerprint density at radius 2 is 1.86 bits per heavy atom. The highest BCUT2D eigenvalue weighted by atomic mass is 127. The Morgan fingerprint density at radius 3 is 2.36 bits per heavy atom. The van der Waals surface area contributed by atoms with Crippen molar-refractivity contribution >= 4 is 22.6 Å². The van der Waals surface area contributed by atoms with E-state index in [4.69, 9.17) is 5.73 Å². The normalized spacial score (nSPS) is 15.6. The quantitative estimate of drug-likeness (QED) is 0.842. The third kappa shape index (κ3) is 2.68. The van der Waals surface area contributed by atoms with E-state index in [0.717, 1.165) is 9.13 Å². The van der Waals surface area contributed by atoms with E-state index < -0.39 is 6.10 Å². The predicted octanol–water partition coefficient (Wildman–Crippen LogP) is 2.31. The van der Waals surface area contributed by atoms with Gasteiger partial charge < -0.3 is 10.8 Å². The van der Waals surface area contributed by atoms with Gasteiger partial charge in [0, 0.05) is 3.57 Å². The number of aliphatic hydroxyl groups excluding tert-OH is 1. The van der Waals surface area contributed by atoms with Crippen LogP contribution in [0.4, 0.5) is 0 Å². The van der Waals surface area contributed by atoms with Crippen molar-refractivity contribution < 1.29 is 5.11 Å². The van der Waals surface area contributed by atoms with E-state index in [2.05, 4.69) is 22.6 Å². The summed E-state index contributed by atoms with van der Waals surface area (Å²) in [5, 5.41) is 9.84. The Morgan fingerprint density at radius 1 is 1.29 bits per heavy atom. The van der Waals surface area contributed by atoms with Crippen molar-refractivity contribution in [3.63, 3.8) is 0 Å². The minimum Gasteiger partial charge on any atom is -0.391 e. The average molecular weight is 305 g/mol. The molecule has 3 heteroatoms. The van der Waals surface area contributed by atoms with Gasteiger partial charge in [-0.05, 0) is 40.1 Å². The molecule has 2 atom stereocenters. The van der Waals surface area contributed by atoms with Crippen molar-refractivity contribution in [2.75, 3.05) is 0 Å². The van der Waals surface area contributed by atoms with E-state index in [-0.39, 0.29) is 12.0 Å². The third-order valence-electron chi connectivity index (χ3n) is 2.32. The lowest BCUT2D eigenvalue weighted by Crippen LogP contribution is -2.31. The maximum absolute atomic E-state index is 9.84. The lowest BCUT2D eigenvalue weighted by Gasteiger charge is -2.23. The molecule has 0 aliphatic heterocycles. The van der Waals surface area contributed by atoms with Crippen LogP contribution in [0, 0.1) is 9.49 Å². The number of rotatable bonds is 3. The van der Waals surface area contributed by atoms with Gasteiger partial charge in [-0.2, -0.15) is 0 Å². The Labute approximate surface area is 98.7 Å². The first kappa shape index (κ1) is 11.9. The highest BCUT2D eigenvalue weighted by molar-refractivity contribution is 14.1. The maximum atomic E-state index is 9.84. The minimum absolute atomic E-state index is 0.181. The number of aliphatic hydroxyl groups is 1. The smallest absolute Gasteiger partial charge is 0.0755 e. The van der Waals surface area contributed by atoms with Gasteiger partial charge in [0.2, 0.25) is 0 Å². The molecule has 2 nitrogen and oxygen atoms in total. The van der Waals surface area contributed by atoms with Crippen LogP contribution in [0.2, 0.25) is 0 Å². The first-order chi connectivity index (χ1) is 6.54. The predicted molar refractivity (Wildman–Crippen MR) is 66.9 cm³/mol. The van der Waals surface area contributed by atoms with Gasteiger partial charge in [0.15, 0.2) is 0 Å². The van der Waals surface area contributed by atoms with Crippen molar-refractivity contribution in [1.82, 2.24) is 0 Å². The molecule has 3 N–H and O–H groups in total. The molecule has 1 aromatic rings. The summed E-state index contributed by atoms with van der Waals surface area (Å²) in [6, 6.07) is 7.61. The van der Waals surface area contributed by atoms with Crippen LogP contribution in [-0.4, -0.2) is 11.2 Å². The van der Waals surface area contributed by atoms with Gasteiger partial charge in [0.25, 0.3) is 0 Å². The van der Waals surface area contributed by atoms with Crippen LogP contribution in [0.25, 0.3) is 0 Å². The molecule has 0 aliphatic carbocycles. The number of nitrogens with two attached hydrogens (primary N) is 1. The van der Waals surface area contributed by atoms with E-state index in [1.54, 1.807) is 0 Å². The Bertz CT molecular complexity index is 301. The molecule has 0 aromatic heterocycles. The fourth-order valence-electron chi connectivity index (χ4n) is 1.34. The Hall–Kier alpha value is -0.130. The fourth-order valence-corrected chi connectivity index (χ4v) is 2.09. The number of hydrogen-bond donors (Lipinski definition) is 2. The summed E-state index contributed by atoms with van der Waals surface area (Å²) in [6.45, 7) is 3.95. The molecule has 1 rings (SSSR count). The zero-order chi connectivity index (χ0) is 10.7. The first-order valence-electron chi connectivity index (χ1n) is 4.72. The molecule has 0 unspecified atom stereocenters. The van der Waals surface area contributed by atoms with E-state index in [1.165, 1.54) is 0 Å². The third-order valence-corrected chi connectivity index (χ3v) is 3.30. The summed E-state index contributed by atoms with van der Waals surface area (Å²) in [7, 11) is 0. The van der Waals surface area contributed by atoms with Crippen LogP contribution in [0.3, 0.4) is 0 Å². The van der Waals surface area contributed by atoms with Crippen LogP contribution in [0.15, 0.2) is 24.3 Å². The number of benzene rings is 1. The maximum Gasteiger partial charge on any atom is 0.0755 e. The van der Waals surface area contributed by atoms with E-state index >= 15 is 0 Å². The van der Waals surface area contributed by atoms with Crippen LogP contribution < -0.4 is 5.73 Å². The number of halogens is 1. The van der Waals surface area contributed by atoms with E-state index in [0.29, 0.717) is 0 Å². The van der Waals surface area contributed by atoms with Gasteiger partial charge in [0.1, 0.15) is 0 Å². The van der Waals surface area contributed by atoms with E-state index in [1.807, 2.05) is 38.1 Å². The zero-order valence-corrected chi connectivity index (χ0v) is 10.6. The second-order valence-electron chi connectivity index (χ2n) is 3.78. The summed E-state index contributed by atoms with van der Waals surface area (Å²) in [5.74, 6) is 0.181. The highest BCUT2D eigenvalue weighted by Gasteiger charge is 2.21. The van der Waals surface area contributed by atoms with Crippen LogP contribution in [0.5, 0.6) is 0 Å². The molecule has 0 radical (unpaired) electrons. The Kier molecular flexibility index (Phi) is 4.34. The average Bonchev–Trinajstić information content (AvgIpc) is 2.16. The summed E-state index contributed by atoms with van der Waals surface area (Å²) in [5.41, 5.74) is 7.01. The molecule has 14 heavy (non-hydrogen) atoms. The van der Waals surface area contributed by atoms with Crippen molar-refractivity contribution in [1.29, 1.82) is 0 Å². The van der Waals surface area contributed by atoms with Crippen LogP contribution >= 0.6 is 22.6 Å². The van der Waals surface area contributed by atoms with E-state index in [9.17, 15) is 5.11 Å². The van der Waals surface area contributed by atoms with Gasteiger partial charge in [-0.25, -0.2) is 0 Å². The standard InChI is InChI=1S/C11H16INO/c1-7(2)11(14)10(13)8-5-3-4-6-9(8)12/h3-7,10-11,14H,13H2,1-2H3/t10-,11+/m1/s1. The largest absolute Gasteiger partial charge is 0.391 e. The van der Waals surface area contributed by atoms with Gasteiger partial charge in [-0.15, -0.1) is 0 Å². The van der Waals surface area contributed by atoms with Crippen LogP contribution in [-0.2, 0) is 0 Å². The highest BCUT2D eigenvalue weighted by Crippen LogP contribution is 2.23. The molecule has 0 aliphatic rings. The molecule has 78 valence electrons. The van der Waals surface area contributed by atoms with Gasteiger partial charge in [0.05, 0.1) is 12.1 Å². The van der Waals surface area contributed by atoms with Crippen molar-refractivity contribution in [2.45, 2.75) is 26.0 Å². The molecule has 0 amide bonds. The van der Waals surface area contributed by atoms with Crippen molar-refractivity contribution in [3.8, 4) is 0 Å². The Balaban J connectivity index is 2.89. The SMILES string of the molecule is CC(C)[C@H](O)[C@H](N)c1ccccc1I. The summed E-state index contributed by atoms with van der Waals surface area (Å²) < 4.78 is 1.11. The van der Waals surface area contributed by atoms with Crippen molar-refractivity contribution in [2.24, 2.45) is 11.7 Å². The first-order valence-corrected chi connectivity index (χ1v) is 5.80. The molecule has 0 bridgehead atoms.